The van der Waals surface area contributed by atoms with Crippen LogP contribution in [0.5, 0.6) is 0 Å². The van der Waals surface area contributed by atoms with Gasteiger partial charge in [0.15, 0.2) is 0 Å². The molecule has 2 N–H and O–H groups in total. The van der Waals surface area contributed by atoms with Crippen LogP contribution in [0.3, 0.4) is 0 Å². The third kappa shape index (κ3) is 3.03. The molecule has 0 radical (unpaired) electrons. The van der Waals surface area contributed by atoms with Gasteiger partial charge in [0.05, 0.1) is 11.4 Å². The van der Waals surface area contributed by atoms with Crippen LogP contribution in [0, 0.1) is 6.92 Å². The Labute approximate surface area is 129 Å². The normalized spacial score (nSPS) is 11.0. The molecule has 1 aromatic carbocycles. The van der Waals surface area contributed by atoms with E-state index in [0.29, 0.717) is 6.42 Å². The lowest BCUT2D eigenvalue weighted by molar-refractivity contribution is -0.116. The average Bonchev–Trinajstić information content (AvgIpc) is 3.03. The molecule has 0 unspecified atom stereocenters. The van der Waals surface area contributed by atoms with Crippen molar-refractivity contribution in [2.75, 3.05) is 5.32 Å². The van der Waals surface area contributed by atoms with Gasteiger partial charge in [-0.05, 0) is 31.4 Å². The van der Waals surface area contributed by atoms with Gasteiger partial charge in [-0.1, -0.05) is 18.2 Å². The van der Waals surface area contributed by atoms with E-state index in [0.717, 1.165) is 29.7 Å². The SMILES string of the molecule is Cc1nn(C)cc1NC(=O)CCCc1c[nH]c2ccccc12. The van der Waals surface area contributed by atoms with Crippen molar-refractivity contribution >= 4 is 22.5 Å². The highest BCUT2D eigenvalue weighted by molar-refractivity contribution is 5.91. The molecule has 3 rings (SSSR count). The molecule has 5 nitrogen and oxygen atoms in total. The van der Waals surface area contributed by atoms with Crippen LogP contribution in [-0.2, 0) is 18.3 Å². The first-order valence-corrected chi connectivity index (χ1v) is 7.48. The van der Waals surface area contributed by atoms with Gasteiger partial charge in [0.25, 0.3) is 0 Å². The summed E-state index contributed by atoms with van der Waals surface area (Å²) in [5.41, 5.74) is 4.04. The maximum atomic E-state index is 12.0. The molecule has 0 saturated heterocycles. The van der Waals surface area contributed by atoms with Gasteiger partial charge in [-0.25, -0.2) is 0 Å². The van der Waals surface area contributed by atoms with Crippen LogP contribution in [0.15, 0.2) is 36.7 Å². The molecule has 0 aliphatic carbocycles. The van der Waals surface area contributed by atoms with E-state index >= 15 is 0 Å². The molecule has 114 valence electrons. The smallest absolute Gasteiger partial charge is 0.224 e. The number of carbonyl (C=O) groups is 1. The molecule has 5 heteroatoms. The number of hydrogen-bond donors (Lipinski definition) is 2. The van der Waals surface area contributed by atoms with Crippen LogP contribution in [0.4, 0.5) is 5.69 Å². The summed E-state index contributed by atoms with van der Waals surface area (Å²) >= 11 is 0. The fourth-order valence-corrected chi connectivity index (χ4v) is 2.71. The quantitative estimate of drug-likeness (QED) is 0.759. The molecule has 0 saturated carbocycles. The maximum Gasteiger partial charge on any atom is 0.224 e. The first-order chi connectivity index (χ1) is 10.6. The Balaban J connectivity index is 1.54. The van der Waals surface area contributed by atoms with E-state index in [4.69, 9.17) is 0 Å². The number of para-hydroxylation sites is 1. The molecule has 0 aliphatic rings. The van der Waals surface area contributed by atoms with Crippen molar-refractivity contribution in [3.05, 3.63) is 47.9 Å². The number of amides is 1. The number of rotatable bonds is 5. The Morgan fingerprint density at radius 2 is 2.18 bits per heavy atom. The Morgan fingerprint density at radius 1 is 1.36 bits per heavy atom. The van der Waals surface area contributed by atoms with Crippen molar-refractivity contribution < 1.29 is 4.79 Å². The number of fused-ring (bicyclic) bond motifs is 1. The van der Waals surface area contributed by atoms with Crippen LogP contribution in [0.25, 0.3) is 10.9 Å². The summed E-state index contributed by atoms with van der Waals surface area (Å²) in [4.78, 5) is 15.3. The van der Waals surface area contributed by atoms with E-state index in [1.54, 1.807) is 4.68 Å². The van der Waals surface area contributed by atoms with Crippen molar-refractivity contribution in [1.29, 1.82) is 0 Å². The number of aromatic amines is 1. The fourth-order valence-electron chi connectivity index (χ4n) is 2.71. The van der Waals surface area contributed by atoms with Crippen molar-refractivity contribution in [1.82, 2.24) is 14.8 Å². The van der Waals surface area contributed by atoms with Crippen LogP contribution in [-0.4, -0.2) is 20.7 Å². The summed E-state index contributed by atoms with van der Waals surface area (Å²) < 4.78 is 1.71. The number of H-pyrrole nitrogens is 1. The fraction of sp³-hybridized carbons (Fsp3) is 0.294. The minimum Gasteiger partial charge on any atom is -0.361 e. The van der Waals surface area contributed by atoms with Crippen LogP contribution < -0.4 is 5.32 Å². The lowest BCUT2D eigenvalue weighted by atomic mass is 10.1. The molecule has 0 bridgehead atoms. The van der Waals surface area contributed by atoms with E-state index in [9.17, 15) is 4.79 Å². The summed E-state index contributed by atoms with van der Waals surface area (Å²) in [7, 11) is 1.85. The van der Waals surface area contributed by atoms with Gasteiger partial charge < -0.3 is 10.3 Å². The van der Waals surface area contributed by atoms with Gasteiger partial charge in [0.1, 0.15) is 0 Å². The second-order valence-corrected chi connectivity index (χ2v) is 5.56. The second kappa shape index (κ2) is 6.05. The minimum atomic E-state index is 0.0379. The summed E-state index contributed by atoms with van der Waals surface area (Å²) in [6.07, 6.45) is 6.09. The molecule has 3 aromatic rings. The summed E-state index contributed by atoms with van der Waals surface area (Å²) in [6.45, 7) is 1.89. The Morgan fingerprint density at radius 3 is 2.95 bits per heavy atom. The molecule has 0 spiro atoms. The molecule has 22 heavy (non-hydrogen) atoms. The van der Waals surface area contributed by atoms with Crippen LogP contribution in [0.1, 0.15) is 24.1 Å². The highest BCUT2D eigenvalue weighted by Crippen LogP contribution is 2.19. The van der Waals surface area contributed by atoms with Crippen LogP contribution in [0.2, 0.25) is 0 Å². The number of carbonyl (C=O) groups excluding carboxylic acids is 1. The monoisotopic (exact) mass is 296 g/mol. The standard InChI is InChI=1S/C17H20N4O/c1-12-16(11-21(2)20-12)19-17(22)9-5-6-13-10-18-15-8-4-3-7-14(13)15/h3-4,7-8,10-11,18H,5-6,9H2,1-2H3,(H,19,22). The highest BCUT2D eigenvalue weighted by Gasteiger charge is 2.08. The number of aryl methyl sites for hydroxylation is 3. The predicted octanol–water partition coefficient (Wildman–Crippen LogP) is 3.17. The zero-order chi connectivity index (χ0) is 15.5. The van der Waals surface area contributed by atoms with Gasteiger partial charge in [-0.2, -0.15) is 5.10 Å². The Hall–Kier alpha value is -2.56. The van der Waals surface area contributed by atoms with Crippen molar-refractivity contribution in [2.45, 2.75) is 26.2 Å². The second-order valence-electron chi connectivity index (χ2n) is 5.56. The number of aromatic nitrogens is 3. The average molecular weight is 296 g/mol. The molecule has 2 heterocycles. The molecule has 0 fully saturated rings. The van der Waals surface area contributed by atoms with E-state index in [1.165, 1.54) is 10.9 Å². The van der Waals surface area contributed by atoms with E-state index in [2.05, 4.69) is 27.5 Å². The molecular weight excluding hydrogens is 276 g/mol. The predicted molar refractivity (Wildman–Crippen MR) is 87.8 cm³/mol. The summed E-state index contributed by atoms with van der Waals surface area (Å²) in [6, 6.07) is 8.24. The van der Waals surface area contributed by atoms with Gasteiger partial charge in [0, 0.05) is 36.8 Å². The Kier molecular flexibility index (Phi) is 3.96. The lowest BCUT2D eigenvalue weighted by Crippen LogP contribution is -2.11. The zero-order valence-corrected chi connectivity index (χ0v) is 12.9. The maximum absolute atomic E-state index is 12.0. The number of hydrogen-bond acceptors (Lipinski definition) is 2. The third-order valence-electron chi connectivity index (χ3n) is 3.81. The van der Waals surface area contributed by atoms with Crippen molar-refractivity contribution in [2.24, 2.45) is 7.05 Å². The number of nitrogens with one attached hydrogen (secondary N) is 2. The third-order valence-corrected chi connectivity index (χ3v) is 3.81. The first-order valence-electron chi connectivity index (χ1n) is 7.48. The topological polar surface area (TPSA) is 62.7 Å². The van der Waals surface area contributed by atoms with E-state index in [-0.39, 0.29) is 5.91 Å². The molecule has 0 atom stereocenters. The van der Waals surface area contributed by atoms with E-state index < -0.39 is 0 Å². The number of anilines is 1. The zero-order valence-electron chi connectivity index (χ0n) is 12.9. The molecule has 0 aliphatic heterocycles. The lowest BCUT2D eigenvalue weighted by Gasteiger charge is -2.03. The molecule has 1 amide bonds. The summed E-state index contributed by atoms with van der Waals surface area (Å²) in [5.74, 6) is 0.0379. The van der Waals surface area contributed by atoms with Crippen molar-refractivity contribution in [3.63, 3.8) is 0 Å². The Bertz CT molecular complexity index is 800. The number of nitrogens with zero attached hydrogens (tertiary/aromatic N) is 2. The largest absolute Gasteiger partial charge is 0.361 e. The molecular formula is C17H20N4O. The van der Waals surface area contributed by atoms with Crippen molar-refractivity contribution in [3.8, 4) is 0 Å². The highest BCUT2D eigenvalue weighted by atomic mass is 16.1. The number of benzene rings is 1. The van der Waals surface area contributed by atoms with E-state index in [1.807, 2.05) is 38.5 Å². The van der Waals surface area contributed by atoms with Gasteiger partial charge in [-0.15, -0.1) is 0 Å². The van der Waals surface area contributed by atoms with Gasteiger partial charge in [-0.3, -0.25) is 9.48 Å². The minimum absolute atomic E-state index is 0.0379. The van der Waals surface area contributed by atoms with Gasteiger partial charge in [0.2, 0.25) is 5.91 Å². The summed E-state index contributed by atoms with van der Waals surface area (Å²) in [5, 5.41) is 8.38. The van der Waals surface area contributed by atoms with Crippen LogP contribution >= 0.6 is 0 Å². The first kappa shape index (κ1) is 14.4. The van der Waals surface area contributed by atoms with Gasteiger partial charge >= 0.3 is 0 Å². The molecule has 2 aromatic heterocycles.